The third kappa shape index (κ3) is 4.55. The van der Waals surface area contributed by atoms with Gasteiger partial charge in [-0.15, -0.1) is 0 Å². The van der Waals surface area contributed by atoms with Crippen LogP contribution in [-0.2, 0) is 19.4 Å². The number of anilines is 2. The highest BCUT2D eigenvalue weighted by atomic mass is 35.5. The minimum Gasteiger partial charge on any atom is -0.495 e. The maximum Gasteiger partial charge on any atom is 0.262 e. The Kier molecular flexibility index (Phi) is 5.76. The van der Waals surface area contributed by atoms with E-state index in [1.165, 1.54) is 31.4 Å². The van der Waals surface area contributed by atoms with Crippen molar-refractivity contribution in [2.45, 2.75) is 11.3 Å². The van der Waals surface area contributed by atoms with Gasteiger partial charge in [0.25, 0.3) is 5.91 Å². The Balaban J connectivity index is 1.64. The highest BCUT2D eigenvalue weighted by Gasteiger charge is 2.22. The largest absolute Gasteiger partial charge is 0.495 e. The summed E-state index contributed by atoms with van der Waals surface area (Å²) in [6.45, 7) is -0.116. The van der Waals surface area contributed by atoms with Gasteiger partial charge in [0, 0.05) is 12.1 Å². The molecule has 8 nitrogen and oxygen atoms in total. The van der Waals surface area contributed by atoms with Crippen molar-refractivity contribution < 1.29 is 27.5 Å². The number of carbonyl (C=O) groups is 2. The van der Waals surface area contributed by atoms with Gasteiger partial charge < -0.3 is 20.1 Å². The van der Waals surface area contributed by atoms with Crippen molar-refractivity contribution in [2.75, 3.05) is 30.1 Å². The molecule has 0 unspecified atom stereocenters. The topological polar surface area (TPSA) is 111 Å². The molecular formula is C18H17ClN2O6S. The maximum atomic E-state index is 12.5. The van der Waals surface area contributed by atoms with Crippen LogP contribution in [0, 0.1) is 0 Å². The molecular weight excluding hydrogens is 408 g/mol. The zero-order valence-electron chi connectivity index (χ0n) is 14.8. The minimum absolute atomic E-state index is 0.00246. The quantitative estimate of drug-likeness (QED) is 0.737. The van der Waals surface area contributed by atoms with Gasteiger partial charge in [-0.1, -0.05) is 11.6 Å². The van der Waals surface area contributed by atoms with Crippen molar-refractivity contribution in [1.82, 2.24) is 0 Å². The zero-order valence-corrected chi connectivity index (χ0v) is 16.4. The van der Waals surface area contributed by atoms with E-state index in [0.29, 0.717) is 22.2 Å². The summed E-state index contributed by atoms with van der Waals surface area (Å²) in [4.78, 5) is 23.5. The fourth-order valence-corrected chi connectivity index (χ4v) is 4.09. The van der Waals surface area contributed by atoms with E-state index in [9.17, 15) is 18.0 Å². The molecule has 0 saturated heterocycles. The highest BCUT2D eigenvalue weighted by molar-refractivity contribution is 7.91. The Morgan fingerprint density at radius 3 is 2.79 bits per heavy atom. The maximum absolute atomic E-state index is 12.5. The van der Waals surface area contributed by atoms with E-state index >= 15 is 0 Å². The molecule has 28 heavy (non-hydrogen) atoms. The van der Waals surface area contributed by atoms with E-state index in [1.807, 2.05) is 0 Å². The predicted octanol–water partition coefficient (Wildman–Crippen LogP) is 2.48. The van der Waals surface area contributed by atoms with Crippen LogP contribution in [0.1, 0.15) is 6.42 Å². The van der Waals surface area contributed by atoms with Crippen molar-refractivity contribution in [3.63, 3.8) is 0 Å². The molecule has 1 aliphatic heterocycles. The summed E-state index contributed by atoms with van der Waals surface area (Å²) in [5.41, 5.74) is 0.719. The molecule has 0 spiro atoms. The average Bonchev–Trinajstić information content (AvgIpc) is 2.66. The van der Waals surface area contributed by atoms with Gasteiger partial charge in [0.1, 0.15) is 11.5 Å². The Morgan fingerprint density at radius 1 is 1.29 bits per heavy atom. The molecule has 2 N–H and O–H groups in total. The van der Waals surface area contributed by atoms with E-state index in [4.69, 9.17) is 21.1 Å². The van der Waals surface area contributed by atoms with Crippen molar-refractivity contribution in [1.29, 1.82) is 0 Å². The second-order valence-corrected chi connectivity index (χ2v) is 8.48. The summed E-state index contributed by atoms with van der Waals surface area (Å²) in [6, 6.07) is 8.89. The lowest BCUT2D eigenvalue weighted by Crippen LogP contribution is -2.25. The van der Waals surface area contributed by atoms with E-state index < -0.39 is 21.5 Å². The molecule has 2 amide bonds. The number of hydrogen-bond acceptors (Lipinski definition) is 6. The number of amides is 2. The highest BCUT2D eigenvalue weighted by Crippen LogP contribution is 2.31. The van der Waals surface area contributed by atoms with Crippen molar-refractivity contribution >= 4 is 44.6 Å². The van der Waals surface area contributed by atoms with Crippen LogP contribution in [0.15, 0.2) is 41.3 Å². The summed E-state index contributed by atoms with van der Waals surface area (Å²) < 4.78 is 35.3. The van der Waals surface area contributed by atoms with Crippen LogP contribution < -0.4 is 20.1 Å². The zero-order chi connectivity index (χ0) is 20.3. The van der Waals surface area contributed by atoms with Crippen molar-refractivity contribution in [3.8, 4) is 11.5 Å². The lowest BCUT2D eigenvalue weighted by Gasteiger charge is -2.18. The van der Waals surface area contributed by atoms with Gasteiger partial charge in [0.2, 0.25) is 5.91 Å². The van der Waals surface area contributed by atoms with Crippen LogP contribution in [0.4, 0.5) is 11.4 Å². The minimum atomic E-state index is -3.73. The second kappa shape index (κ2) is 8.07. The standard InChI is InChI=1S/C18H17ClN2O6S/c1-26-15-4-2-11(8-13(15)19)20-17(22)6-7-28(24,25)12-3-5-16-14(9-12)21-18(23)10-27-16/h2-5,8-9H,6-7,10H2,1H3,(H,20,22)(H,21,23). The number of benzene rings is 2. The molecule has 10 heteroatoms. The number of ether oxygens (including phenoxy) is 2. The first-order chi connectivity index (χ1) is 13.3. The first-order valence-electron chi connectivity index (χ1n) is 8.21. The normalized spacial score (nSPS) is 13.1. The van der Waals surface area contributed by atoms with Gasteiger partial charge in [-0.05, 0) is 36.4 Å². The molecule has 0 fully saturated rings. The molecule has 0 bridgehead atoms. The molecule has 148 valence electrons. The van der Waals surface area contributed by atoms with E-state index in [1.54, 1.807) is 12.1 Å². The lowest BCUT2D eigenvalue weighted by atomic mass is 10.2. The number of rotatable bonds is 6. The van der Waals surface area contributed by atoms with Crippen LogP contribution in [0.3, 0.4) is 0 Å². The van der Waals surface area contributed by atoms with Gasteiger partial charge in [0.05, 0.1) is 28.5 Å². The molecule has 0 aromatic heterocycles. The Hall–Kier alpha value is -2.78. The average molecular weight is 425 g/mol. The molecule has 2 aromatic carbocycles. The second-order valence-electron chi connectivity index (χ2n) is 5.96. The molecule has 2 aromatic rings. The molecule has 1 aliphatic rings. The fraction of sp³-hybridized carbons (Fsp3) is 0.222. The number of halogens is 1. The lowest BCUT2D eigenvalue weighted by molar-refractivity contribution is -0.118. The molecule has 0 radical (unpaired) electrons. The van der Waals surface area contributed by atoms with E-state index in [0.717, 1.165) is 0 Å². The number of fused-ring (bicyclic) bond motifs is 1. The van der Waals surface area contributed by atoms with E-state index in [-0.39, 0.29) is 29.5 Å². The SMILES string of the molecule is COc1ccc(NC(=O)CCS(=O)(=O)c2ccc3c(c2)NC(=O)CO3)cc1Cl. The molecule has 3 rings (SSSR count). The Labute approximate surface area is 166 Å². The smallest absolute Gasteiger partial charge is 0.262 e. The number of nitrogens with one attached hydrogen (secondary N) is 2. The van der Waals surface area contributed by atoms with Gasteiger partial charge in [-0.25, -0.2) is 8.42 Å². The molecule has 0 saturated carbocycles. The van der Waals surface area contributed by atoms with Crippen molar-refractivity contribution in [2.24, 2.45) is 0 Å². The first-order valence-corrected chi connectivity index (χ1v) is 10.2. The molecule has 1 heterocycles. The van der Waals surface area contributed by atoms with Crippen LogP contribution in [0.2, 0.25) is 5.02 Å². The monoisotopic (exact) mass is 424 g/mol. The summed E-state index contributed by atoms with van der Waals surface area (Å²) in [5, 5.41) is 5.47. The number of carbonyl (C=O) groups excluding carboxylic acids is 2. The first kappa shape index (κ1) is 20.0. The summed E-state index contributed by atoms with van der Waals surface area (Å²) in [7, 11) is -2.26. The van der Waals surface area contributed by atoms with E-state index in [2.05, 4.69) is 10.6 Å². The molecule has 0 atom stereocenters. The van der Waals surface area contributed by atoms with Crippen LogP contribution in [0.25, 0.3) is 0 Å². The van der Waals surface area contributed by atoms with Gasteiger partial charge >= 0.3 is 0 Å². The Morgan fingerprint density at radius 2 is 2.07 bits per heavy atom. The Bertz CT molecular complexity index is 1040. The molecule has 0 aliphatic carbocycles. The number of hydrogen-bond donors (Lipinski definition) is 2. The van der Waals surface area contributed by atoms with Crippen LogP contribution >= 0.6 is 11.6 Å². The third-order valence-electron chi connectivity index (χ3n) is 3.98. The predicted molar refractivity (Wildman–Crippen MR) is 104 cm³/mol. The van der Waals surface area contributed by atoms with Crippen LogP contribution in [-0.4, -0.2) is 39.7 Å². The number of sulfone groups is 1. The van der Waals surface area contributed by atoms with Crippen LogP contribution in [0.5, 0.6) is 11.5 Å². The number of methoxy groups -OCH3 is 1. The summed E-state index contributed by atoms with van der Waals surface area (Å²) in [5.74, 6) is -0.367. The fourth-order valence-electron chi connectivity index (χ4n) is 2.57. The van der Waals surface area contributed by atoms with Crippen molar-refractivity contribution in [3.05, 3.63) is 41.4 Å². The van der Waals surface area contributed by atoms with Gasteiger partial charge in [-0.3, -0.25) is 9.59 Å². The van der Waals surface area contributed by atoms with Gasteiger partial charge in [0.15, 0.2) is 16.4 Å². The summed E-state index contributed by atoms with van der Waals surface area (Å²) >= 11 is 6.00. The summed E-state index contributed by atoms with van der Waals surface area (Å²) in [6.07, 6.45) is -0.244. The van der Waals surface area contributed by atoms with Gasteiger partial charge in [-0.2, -0.15) is 0 Å². The third-order valence-corrected chi connectivity index (χ3v) is 5.99.